The number of anilines is 2. The van der Waals surface area contributed by atoms with Crippen molar-refractivity contribution in [1.82, 2.24) is 4.90 Å². The van der Waals surface area contributed by atoms with Crippen LogP contribution < -0.4 is 20.3 Å². The lowest BCUT2D eigenvalue weighted by Crippen LogP contribution is -2.64. The van der Waals surface area contributed by atoms with Crippen LogP contribution in [0.2, 0.25) is 0 Å². The number of nitrogens with zero attached hydrogens (tertiary/aromatic N) is 3. The third-order valence-corrected chi connectivity index (χ3v) is 9.02. The Morgan fingerprint density at radius 3 is 2.30 bits per heavy atom. The zero-order valence-corrected chi connectivity index (χ0v) is 25.9. The van der Waals surface area contributed by atoms with E-state index in [-0.39, 0.29) is 30.7 Å². The van der Waals surface area contributed by atoms with E-state index in [1.165, 1.54) is 6.92 Å². The molecule has 1 fully saturated rings. The van der Waals surface area contributed by atoms with Crippen molar-refractivity contribution in [2.75, 3.05) is 30.0 Å². The molecule has 6 rings (SSSR count). The van der Waals surface area contributed by atoms with E-state index in [9.17, 15) is 19.2 Å². The van der Waals surface area contributed by atoms with Crippen LogP contribution in [0.15, 0.2) is 83.3 Å². The van der Waals surface area contributed by atoms with Gasteiger partial charge in [0, 0.05) is 27.7 Å². The van der Waals surface area contributed by atoms with Crippen LogP contribution in [0.4, 0.5) is 11.4 Å². The van der Waals surface area contributed by atoms with Gasteiger partial charge in [0.25, 0.3) is 5.91 Å². The Kier molecular flexibility index (Phi) is 7.96. The first-order valence-corrected chi connectivity index (χ1v) is 15.1. The summed E-state index contributed by atoms with van der Waals surface area (Å²) in [6.07, 6.45) is 0.540. The normalized spacial score (nSPS) is 18.4. The number of benzene rings is 4. The van der Waals surface area contributed by atoms with Crippen molar-refractivity contribution in [3.63, 3.8) is 0 Å². The summed E-state index contributed by atoms with van der Waals surface area (Å²) in [6.45, 7) is 2.15. The first kappa shape index (κ1) is 29.5. The number of carbonyl (C=O) groups excluding carboxylic acids is 4. The average molecular weight is 656 g/mol. The van der Waals surface area contributed by atoms with Gasteiger partial charge in [-0.1, -0.05) is 52.3 Å². The summed E-state index contributed by atoms with van der Waals surface area (Å²) >= 11 is 3.54. The van der Waals surface area contributed by atoms with Crippen LogP contribution in [-0.4, -0.2) is 60.7 Å². The van der Waals surface area contributed by atoms with Crippen LogP contribution in [0.5, 0.6) is 5.75 Å². The Labute approximate surface area is 263 Å². The van der Waals surface area contributed by atoms with Crippen LogP contribution in [-0.2, 0) is 16.1 Å². The van der Waals surface area contributed by atoms with Gasteiger partial charge in [-0.3, -0.25) is 24.1 Å². The molecule has 1 unspecified atom stereocenters. The Morgan fingerprint density at radius 2 is 1.66 bits per heavy atom. The predicted molar refractivity (Wildman–Crippen MR) is 172 cm³/mol. The van der Waals surface area contributed by atoms with Crippen LogP contribution in [0.3, 0.4) is 0 Å². The number of carbonyl (C=O) groups is 4. The highest BCUT2D eigenvalue weighted by Crippen LogP contribution is 2.39. The van der Waals surface area contributed by atoms with Gasteiger partial charge in [0.15, 0.2) is 5.78 Å². The first-order valence-electron chi connectivity index (χ1n) is 14.3. The van der Waals surface area contributed by atoms with E-state index in [0.717, 1.165) is 20.8 Å². The molecule has 0 aromatic heterocycles. The molecule has 0 aliphatic carbocycles. The monoisotopic (exact) mass is 654 g/mol. The number of para-hydroxylation sites is 2. The average Bonchev–Trinajstić information content (AvgIpc) is 3.10. The van der Waals surface area contributed by atoms with Crippen LogP contribution in [0.1, 0.15) is 39.6 Å². The lowest BCUT2D eigenvalue weighted by molar-refractivity contribution is -0.135. The maximum atomic E-state index is 14.6. The Morgan fingerprint density at radius 1 is 0.955 bits per heavy atom. The van der Waals surface area contributed by atoms with Crippen LogP contribution in [0, 0.1) is 0 Å². The molecule has 3 amide bonds. The summed E-state index contributed by atoms with van der Waals surface area (Å²) in [4.78, 5) is 58.0. The number of primary amides is 1. The van der Waals surface area contributed by atoms with Crippen molar-refractivity contribution in [2.24, 2.45) is 5.73 Å². The van der Waals surface area contributed by atoms with Crippen LogP contribution >= 0.6 is 15.9 Å². The van der Waals surface area contributed by atoms with Crippen molar-refractivity contribution in [3.05, 3.63) is 100 Å². The molecule has 0 saturated carbocycles. The summed E-state index contributed by atoms with van der Waals surface area (Å²) in [5.74, 6) is -0.547. The second-order valence-corrected chi connectivity index (χ2v) is 12.0. The largest absolute Gasteiger partial charge is 0.496 e. The van der Waals surface area contributed by atoms with E-state index in [1.54, 1.807) is 46.1 Å². The number of Topliss-reactive ketones (excluding diaryl/α,β-unsaturated/α-hetero) is 1. The number of hydrogen-bond acceptors (Lipinski definition) is 6. The highest BCUT2D eigenvalue weighted by atomic mass is 79.9. The van der Waals surface area contributed by atoms with E-state index >= 15 is 0 Å². The zero-order valence-electron chi connectivity index (χ0n) is 24.3. The number of halogens is 1. The highest BCUT2D eigenvalue weighted by Gasteiger charge is 2.46. The molecule has 4 aromatic carbocycles. The number of amides is 3. The van der Waals surface area contributed by atoms with Crippen LogP contribution in [0.25, 0.3) is 10.8 Å². The fourth-order valence-corrected chi connectivity index (χ4v) is 6.50. The van der Waals surface area contributed by atoms with E-state index in [4.69, 9.17) is 10.5 Å². The van der Waals surface area contributed by atoms with E-state index in [2.05, 4.69) is 15.9 Å². The van der Waals surface area contributed by atoms with Gasteiger partial charge in [-0.25, -0.2) is 0 Å². The van der Waals surface area contributed by atoms with Crippen molar-refractivity contribution >= 4 is 61.6 Å². The number of ketones is 1. The second kappa shape index (κ2) is 11.9. The number of methoxy groups -OCH3 is 1. The van der Waals surface area contributed by atoms with Gasteiger partial charge in [0.2, 0.25) is 11.8 Å². The molecule has 2 aliphatic rings. The minimum Gasteiger partial charge on any atom is -0.496 e. The Hall–Kier alpha value is -4.54. The quantitative estimate of drug-likeness (QED) is 0.283. The van der Waals surface area contributed by atoms with Gasteiger partial charge in [0.1, 0.15) is 11.8 Å². The van der Waals surface area contributed by atoms with Gasteiger partial charge in [-0.2, -0.15) is 0 Å². The third kappa shape index (κ3) is 5.24. The Bertz CT molecular complexity index is 1810. The maximum Gasteiger partial charge on any atom is 0.258 e. The number of likely N-dealkylation sites (tertiary alicyclic amines) is 1. The standard InChI is InChI=1S/C34H31BrN4O5/c1-20(40)21-7-9-22(10-8-21)33(42)39-19-30(37-16-15-29(37)32(36)41)34(43)38(27-5-3-4-6-28(27)39)18-26-25-13-12-24(35)17-23(25)11-14-31(26)44-2/h3-14,17,29-30H,15-16,18-19H2,1-2H3,(H2,36,41)/t29?,30-/m0/s1. The predicted octanol–water partition coefficient (Wildman–Crippen LogP) is 4.94. The summed E-state index contributed by atoms with van der Waals surface area (Å²) in [6, 6.07) is 22.1. The molecule has 2 heterocycles. The zero-order chi connectivity index (χ0) is 31.1. The lowest BCUT2D eigenvalue weighted by atomic mass is 9.97. The molecule has 0 spiro atoms. The molecule has 0 radical (unpaired) electrons. The van der Waals surface area contributed by atoms with Gasteiger partial charge >= 0.3 is 0 Å². The molecular weight excluding hydrogens is 624 g/mol. The summed E-state index contributed by atoms with van der Waals surface area (Å²) in [7, 11) is 1.60. The molecule has 1 saturated heterocycles. The Balaban J connectivity index is 1.49. The van der Waals surface area contributed by atoms with E-state index in [1.807, 2.05) is 54.6 Å². The fourth-order valence-electron chi connectivity index (χ4n) is 6.12. The number of nitrogens with two attached hydrogens (primary N) is 1. The molecule has 44 heavy (non-hydrogen) atoms. The molecule has 0 bridgehead atoms. The third-order valence-electron chi connectivity index (χ3n) is 8.53. The van der Waals surface area contributed by atoms with E-state index in [0.29, 0.717) is 41.2 Å². The molecule has 10 heteroatoms. The summed E-state index contributed by atoms with van der Waals surface area (Å²) < 4.78 is 6.70. The molecule has 9 nitrogen and oxygen atoms in total. The number of ether oxygens (including phenoxy) is 1. The number of fused-ring (bicyclic) bond motifs is 2. The van der Waals surface area contributed by atoms with Crippen molar-refractivity contribution in [1.29, 1.82) is 0 Å². The van der Waals surface area contributed by atoms with Crippen molar-refractivity contribution < 1.29 is 23.9 Å². The lowest BCUT2D eigenvalue weighted by Gasteiger charge is -2.44. The van der Waals surface area contributed by atoms with Crippen molar-refractivity contribution in [3.8, 4) is 5.75 Å². The van der Waals surface area contributed by atoms with Crippen molar-refractivity contribution in [2.45, 2.75) is 32.0 Å². The molecular formula is C34H31BrN4O5. The topological polar surface area (TPSA) is 113 Å². The maximum absolute atomic E-state index is 14.6. The number of rotatable bonds is 7. The minimum atomic E-state index is -0.829. The SMILES string of the molecule is COc1ccc2cc(Br)ccc2c1CN1C(=O)[C@@H](N2CCC2C(N)=O)CN(C(=O)c2ccc(C(C)=O)cc2)c2ccccc21. The summed E-state index contributed by atoms with van der Waals surface area (Å²) in [5, 5.41) is 1.90. The highest BCUT2D eigenvalue weighted by molar-refractivity contribution is 9.10. The smallest absolute Gasteiger partial charge is 0.258 e. The summed E-state index contributed by atoms with van der Waals surface area (Å²) in [5.41, 5.74) is 8.53. The number of hydrogen-bond donors (Lipinski definition) is 1. The molecule has 2 aliphatic heterocycles. The van der Waals surface area contributed by atoms with Gasteiger partial charge < -0.3 is 20.3 Å². The molecule has 4 aromatic rings. The molecule has 2 N–H and O–H groups in total. The van der Waals surface area contributed by atoms with E-state index < -0.39 is 18.0 Å². The van der Waals surface area contributed by atoms with Gasteiger partial charge in [-0.15, -0.1) is 0 Å². The molecule has 2 atom stereocenters. The van der Waals surface area contributed by atoms with Gasteiger partial charge in [0.05, 0.1) is 37.6 Å². The van der Waals surface area contributed by atoms with Gasteiger partial charge in [-0.05, 0) is 66.6 Å². The second-order valence-electron chi connectivity index (χ2n) is 11.0. The molecule has 224 valence electrons. The fraction of sp³-hybridized carbons (Fsp3) is 0.235. The first-order chi connectivity index (χ1) is 21.2. The minimum absolute atomic E-state index is 0.0169.